The molecule has 2 bridgehead atoms. The van der Waals surface area contributed by atoms with Gasteiger partial charge in [-0.15, -0.1) is 0 Å². The summed E-state index contributed by atoms with van der Waals surface area (Å²) in [5.41, 5.74) is 1.52. The lowest BCUT2D eigenvalue weighted by atomic mass is 10.1. The molecule has 2 rings (SSSR count). The third-order valence-corrected chi connectivity index (χ3v) is 1.59. The van der Waals surface area contributed by atoms with E-state index >= 15 is 0 Å². The minimum absolute atomic E-state index is 1.23. The second-order valence-electron chi connectivity index (χ2n) is 2.15. The summed E-state index contributed by atoms with van der Waals surface area (Å²) in [4.78, 5) is 0. The van der Waals surface area contributed by atoms with E-state index in [9.17, 15) is 0 Å². The summed E-state index contributed by atoms with van der Waals surface area (Å²) in [7, 11) is 0. The van der Waals surface area contributed by atoms with Gasteiger partial charge in [-0.1, -0.05) is 23.8 Å². The summed E-state index contributed by atoms with van der Waals surface area (Å²) in [5, 5.41) is 0. The minimum Gasteiger partial charge on any atom is -0.0804 e. The van der Waals surface area contributed by atoms with Crippen LogP contribution in [0.15, 0.2) is 23.8 Å². The van der Waals surface area contributed by atoms with E-state index in [-0.39, 0.29) is 0 Å². The van der Waals surface area contributed by atoms with Crippen LogP contribution in [0, 0.1) is 5.92 Å². The predicted molar refractivity (Wildman–Crippen MR) is 29.7 cm³/mol. The molecule has 7 heavy (non-hydrogen) atoms. The normalized spacial score (nSPS) is 26.6. The molecule has 0 nitrogen and oxygen atoms in total. The van der Waals surface area contributed by atoms with Gasteiger partial charge in [-0.05, 0) is 12.8 Å². The van der Waals surface area contributed by atoms with E-state index in [1.165, 1.54) is 18.4 Å². The predicted octanol–water partition coefficient (Wildman–Crippen LogP) is 1.85. The van der Waals surface area contributed by atoms with Gasteiger partial charge >= 0.3 is 0 Å². The van der Waals surface area contributed by atoms with Gasteiger partial charge in [0.1, 0.15) is 0 Å². The number of hydrogen-bond acceptors (Lipinski definition) is 0. The van der Waals surface area contributed by atoms with E-state index in [2.05, 4.69) is 18.2 Å². The van der Waals surface area contributed by atoms with Gasteiger partial charge in [-0.3, -0.25) is 0 Å². The number of fused-ring (bicyclic) bond motifs is 2. The average Bonchev–Trinajstić information content (AvgIpc) is 2.22. The molecule has 0 amide bonds. The van der Waals surface area contributed by atoms with E-state index in [1.807, 2.05) is 0 Å². The fraction of sp³-hybridized carbons (Fsp3) is 0.286. The Hall–Kier alpha value is -0.520. The van der Waals surface area contributed by atoms with Gasteiger partial charge in [-0.2, -0.15) is 0 Å². The van der Waals surface area contributed by atoms with Crippen LogP contribution in [-0.4, -0.2) is 0 Å². The molecule has 0 unspecified atom stereocenters. The van der Waals surface area contributed by atoms with Gasteiger partial charge < -0.3 is 0 Å². The molecule has 0 aromatic rings. The molecule has 0 aliphatic heterocycles. The molecule has 0 saturated heterocycles. The Morgan fingerprint density at radius 3 is 2.43 bits per heavy atom. The van der Waals surface area contributed by atoms with Crippen LogP contribution >= 0.6 is 0 Å². The van der Waals surface area contributed by atoms with Crippen molar-refractivity contribution in [1.82, 2.24) is 0 Å². The zero-order valence-corrected chi connectivity index (χ0v) is 4.15. The van der Waals surface area contributed by atoms with Gasteiger partial charge in [0.25, 0.3) is 0 Å². The highest BCUT2D eigenvalue weighted by molar-refractivity contribution is 5.43. The van der Waals surface area contributed by atoms with E-state index in [0.29, 0.717) is 0 Å². The van der Waals surface area contributed by atoms with Gasteiger partial charge in [0.2, 0.25) is 0 Å². The van der Waals surface area contributed by atoms with Crippen LogP contribution in [0.4, 0.5) is 0 Å². The summed E-state index contributed by atoms with van der Waals surface area (Å²) < 4.78 is 0. The molecular formula is C7H7. The second-order valence-corrected chi connectivity index (χ2v) is 2.15. The topological polar surface area (TPSA) is 0 Å². The SMILES string of the molecule is C1=CC2=CC[C]1C2. The van der Waals surface area contributed by atoms with Crippen LogP contribution in [0.5, 0.6) is 0 Å². The molecule has 0 heteroatoms. The highest BCUT2D eigenvalue weighted by Gasteiger charge is 2.17. The zero-order chi connectivity index (χ0) is 4.69. The monoisotopic (exact) mass is 91.1 g/mol. The van der Waals surface area contributed by atoms with Crippen molar-refractivity contribution in [3.8, 4) is 0 Å². The van der Waals surface area contributed by atoms with E-state index in [1.54, 1.807) is 5.92 Å². The maximum absolute atomic E-state index is 2.30. The van der Waals surface area contributed by atoms with E-state index in [0.717, 1.165) is 0 Å². The molecule has 1 radical (unpaired) electrons. The van der Waals surface area contributed by atoms with Crippen LogP contribution in [0.2, 0.25) is 0 Å². The number of hydrogen-bond donors (Lipinski definition) is 0. The van der Waals surface area contributed by atoms with Gasteiger partial charge in [0.05, 0.1) is 0 Å². The Kier molecular flexibility index (Phi) is 0.498. The fourth-order valence-corrected chi connectivity index (χ4v) is 1.15. The van der Waals surface area contributed by atoms with Crippen LogP contribution in [0.25, 0.3) is 0 Å². The lowest BCUT2D eigenvalue weighted by molar-refractivity contribution is 1.06. The van der Waals surface area contributed by atoms with Crippen molar-refractivity contribution in [3.05, 3.63) is 29.7 Å². The lowest BCUT2D eigenvalue weighted by Crippen LogP contribution is -1.77. The molecule has 0 heterocycles. The van der Waals surface area contributed by atoms with Gasteiger partial charge in [0.15, 0.2) is 0 Å². The maximum Gasteiger partial charge on any atom is 0.00570 e. The maximum atomic E-state index is 2.30. The first-order valence-electron chi connectivity index (χ1n) is 2.67. The molecule has 0 fully saturated rings. The van der Waals surface area contributed by atoms with Crippen molar-refractivity contribution in [3.63, 3.8) is 0 Å². The Morgan fingerprint density at radius 2 is 2.29 bits per heavy atom. The zero-order valence-electron chi connectivity index (χ0n) is 4.15. The summed E-state index contributed by atoms with van der Waals surface area (Å²) in [5.74, 6) is 1.59. The first-order chi connectivity index (χ1) is 3.45. The first kappa shape index (κ1) is 3.48. The highest BCUT2D eigenvalue weighted by Crippen LogP contribution is 2.34. The van der Waals surface area contributed by atoms with Crippen molar-refractivity contribution in [2.45, 2.75) is 12.8 Å². The molecule has 0 aromatic carbocycles. The van der Waals surface area contributed by atoms with Crippen molar-refractivity contribution in [1.29, 1.82) is 0 Å². The standard InChI is InChI=1S/C7H7/c1-2-7-4-3-6(1)5-7/h1-3H,4-5H2. The highest BCUT2D eigenvalue weighted by atomic mass is 14.2. The quantitative estimate of drug-likeness (QED) is 0.426. The Balaban J connectivity index is 2.45. The van der Waals surface area contributed by atoms with Crippen LogP contribution in [0.1, 0.15) is 12.8 Å². The fourth-order valence-electron chi connectivity index (χ4n) is 1.15. The Labute approximate surface area is 43.5 Å². The van der Waals surface area contributed by atoms with Crippen LogP contribution < -0.4 is 0 Å². The number of allylic oxidation sites excluding steroid dienone is 4. The second kappa shape index (κ2) is 1.00. The van der Waals surface area contributed by atoms with Crippen LogP contribution in [0.3, 0.4) is 0 Å². The summed E-state index contributed by atoms with van der Waals surface area (Å²) in [6, 6.07) is 0. The Bertz CT molecular complexity index is 140. The third kappa shape index (κ3) is 0.365. The largest absolute Gasteiger partial charge is 0.0804 e. The molecule has 2 aliphatic rings. The van der Waals surface area contributed by atoms with Crippen molar-refractivity contribution in [2.24, 2.45) is 0 Å². The lowest BCUT2D eigenvalue weighted by Gasteiger charge is -1.91. The van der Waals surface area contributed by atoms with Crippen LogP contribution in [-0.2, 0) is 0 Å². The minimum atomic E-state index is 1.23. The molecular weight excluding hydrogens is 84.1 g/mol. The van der Waals surface area contributed by atoms with Gasteiger partial charge in [-0.25, -0.2) is 0 Å². The molecule has 0 N–H and O–H groups in total. The summed E-state index contributed by atoms with van der Waals surface area (Å²) in [6.07, 6.45) is 9.22. The average molecular weight is 91.1 g/mol. The molecule has 35 valence electrons. The van der Waals surface area contributed by atoms with E-state index < -0.39 is 0 Å². The Morgan fingerprint density at radius 1 is 1.29 bits per heavy atom. The van der Waals surface area contributed by atoms with Crippen molar-refractivity contribution in [2.75, 3.05) is 0 Å². The number of rotatable bonds is 0. The molecule has 2 aliphatic carbocycles. The molecule has 0 spiro atoms. The third-order valence-electron chi connectivity index (χ3n) is 1.59. The molecule has 0 aromatic heterocycles. The first-order valence-corrected chi connectivity index (χ1v) is 2.67. The molecule has 0 atom stereocenters. The smallest absolute Gasteiger partial charge is 0.00570 e. The molecule has 0 saturated carbocycles. The van der Waals surface area contributed by atoms with E-state index in [4.69, 9.17) is 0 Å². The van der Waals surface area contributed by atoms with Crippen molar-refractivity contribution < 1.29 is 0 Å². The van der Waals surface area contributed by atoms with Gasteiger partial charge in [0, 0.05) is 5.92 Å². The summed E-state index contributed by atoms with van der Waals surface area (Å²) in [6.45, 7) is 0. The summed E-state index contributed by atoms with van der Waals surface area (Å²) >= 11 is 0. The van der Waals surface area contributed by atoms with Crippen molar-refractivity contribution >= 4 is 0 Å².